The van der Waals surface area contributed by atoms with Gasteiger partial charge in [0.2, 0.25) is 0 Å². The average Bonchev–Trinajstić information content (AvgIpc) is 2.53. The maximum Gasteiger partial charge on any atom is 0.0981 e. The Bertz CT molecular complexity index is 315. The summed E-state index contributed by atoms with van der Waals surface area (Å²) < 4.78 is 0. The van der Waals surface area contributed by atoms with Crippen LogP contribution >= 0.6 is 12.2 Å². The summed E-state index contributed by atoms with van der Waals surface area (Å²) in [4.78, 5) is 1.18. The van der Waals surface area contributed by atoms with Gasteiger partial charge in [-0.25, -0.2) is 5.01 Å². The normalized spacial score (nSPS) is 25.5. The molecule has 122 valence electrons. The van der Waals surface area contributed by atoms with Crippen molar-refractivity contribution < 1.29 is 0 Å². The third-order valence-electron chi connectivity index (χ3n) is 5.00. The number of thiocarbonyl (C=S) groups is 1. The smallest absolute Gasteiger partial charge is 0.0981 e. The van der Waals surface area contributed by atoms with Crippen LogP contribution in [0.25, 0.3) is 0 Å². The van der Waals surface area contributed by atoms with Gasteiger partial charge in [0, 0.05) is 25.6 Å². The van der Waals surface area contributed by atoms with Crippen molar-refractivity contribution in [2.24, 2.45) is 11.8 Å². The summed E-state index contributed by atoms with van der Waals surface area (Å²) in [5.41, 5.74) is 3.57. The number of nitrogens with zero attached hydrogens (tertiary/aromatic N) is 2. The van der Waals surface area contributed by atoms with Crippen LogP contribution in [0.15, 0.2) is 0 Å². The van der Waals surface area contributed by atoms with Crippen molar-refractivity contribution in [2.45, 2.75) is 71.6 Å². The van der Waals surface area contributed by atoms with E-state index in [2.05, 4.69) is 29.4 Å². The molecule has 2 fully saturated rings. The molecule has 4 heteroatoms. The van der Waals surface area contributed by atoms with Crippen molar-refractivity contribution in [3.05, 3.63) is 0 Å². The number of rotatable bonds is 7. The molecule has 0 aromatic carbocycles. The van der Waals surface area contributed by atoms with E-state index < -0.39 is 0 Å². The molecule has 21 heavy (non-hydrogen) atoms. The highest BCUT2D eigenvalue weighted by Gasteiger charge is 2.35. The molecule has 2 aliphatic rings. The lowest BCUT2D eigenvalue weighted by molar-refractivity contribution is 0.0199. The first-order valence-electron chi connectivity index (χ1n) is 9.08. The first-order chi connectivity index (χ1) is 10.3. The van der Waals surface area contributed by atoms with Crippen molar-refractivity contribution in [3.8, 4) is 0 Å². The quantitative estimate of drug-likeness (QED) is 0.712. The largest absolute Gasteiger partial charge is 0.288 e. The van der Waals surface area contributed by atoms with Crippen molar-refractivity contribution in [2.75, 3.05) is 19.6 Å². The van der Waals surface area contributed by atoms with Gasteiger partial charge in [0.1, 0.15) is 0 Å². The second-order valence-corrected chi connectivity index (χ2v) is 7.17. The standard InChI is InChI=1S/C17H33N3S/c1-3-5-12-19-14-16(15-10-8-7-9-11-15)17(21)20(18-19)13-6-4-2/h15-16,18H,3-14H2,1-2H3/t16-/m1/s1. The van der Waals surface area contributed by atoms with Crippen LogP contribution in [-0.2, 0) is 0 Å². The minimum absolute atomic E-state index is 0.593. The molecule has 0 aromatic rings. The Morgan fingerprint density at radius 1 is 1.05 bits per heavy atom. The summed E-state index contributed by atoms with van der Waals surface area (Å²) in [6.07, 6.45) is 12.0. The molecule has 0 aromatic heterocycles. The topological polar surface area (TPSA) is 18.5 Å². The molecular formula is C17H33N3S. The predicted octanol–water partition coefficient (Wildman–Crippen LogP) is 4.15. The fourth-order valence-corrected chi connectivity index (χ4v) is 4.03. The summed E-state index contributed by atoms with van der Waals surface area (Å²) >= 11 is 5.84. The van der Waals surface area contributed by atoms with Gasteiger partial charge in [-0.15, -0.1) is 0 Å². The van der Waals surface area contributed by atoms with Crippen LogP contribution in [0.1, 0.15) is 71.6 Å². The fraction of sp³-hybridized carbons (Fsp3) is 0.941. The van der Waals surface area contributed by atoms with Gasteiger partial charge in [-0.1, -0.05) is 58.2 Å². The molecular weight excluding hydrogens is 278 g/mol. The van der Waals surface area contributed by atoms with Gasteiger partial charge in [-0.2, -0.15) is 5.53 Å². The molecule has 1 atom stereocenters. The molecule has 1 aliphatic heterocycles. The molecule has 0 radical (unpaired) electrons. The zero-order valence-corrected chi connectivity index (χ0v) is 14.8. The van der Waals surface area contributed by atoms with Crippen molar-refractivity contribution in [1.29, 1.82) is 0 Å². The number of unbranched alkanes of at least 4 members (excludes halogenated alkanes) is 2. The van der Waals surface area contributed by atoms with Gasteiger partial charge in [-0.05, 0) is 31.6 Å². The lowest BCUT2D eigenvalue weighted by atomic mass is 9.79. The van der Waals surface area contributed by atoms with Gasteiger partial charge in [0.25, 0.3) is 0 Å². The molecule has 0 unspecified atom stereocenters. The third kappa shape index (κ3) is 4.90. The molecule has 2 rings (SSSR count). The van der Waals surface area contributed by atoms with Crippen LogP contribution < -0.4 is 5.53 Å². The van der Waals surface area contributed by atoms with Gasteiger partial charge in [0.15, 0.2) is 0 Å². The van der Waals surface area contributed by atoms with E-state index in [0.717, 1.165) is 25.6 Å². The van der Waals surface area contributed by atoms with Crippen LogP contribution in [0, 0.1) is 11.8 Å². The van der Waals surface area contributed by atoms with Gasteiger partial charge >= 0.3 is 0 Å². The van der Waals surface area contributed by atoms with Crippen molar-refractivity contribution in [1.82, 2.24) is 15.6 Å². The maximum atomic E-state index is 5.84. The minimum atomic E-state index is 0.593. The molecule has 1 saturated heterocycles. The summed E-state index contributed by atoms with van der Waals surface area (Å²) in [7, 11) is 0. The zero-order valence-electron chi connectivity index (χ0n) is 13.9. The van der Waals surface area contributed by atoms with Crippen LogP contribution in [0.4, 0.5) is 0 Å². The second kappa shape index (κ2) is 9.06. The Balaban J connectivity index is 1.99. The van der Waals surface area contributed by atoms with Crippen LogP contribution in [0.3, 0.4) is 0 Å². The van der Waals surface area contributed by atoms with E-state index in [0.29, 0.717) is 5.92 Å². The van der Waals surface area contributed by atoms with E-state index in [1.54, 1.807) is 0 Å². The Morgan fingerprint density at radius 3 is 2.38 bits per heavy atom. The molecule has 1 N–H and O–H groups in total. The van der Waals surface area contributed by atoms with E-state index in [1.165, 1.54) is 62.8 Å². The highest BCUT2D eigenvalue weighted by molar-refractivity contribution is 7.80. The van der Waals surface area contributed by atoms with E-state index in [4.69, 9.17) is 12.2 Å². The highest BCUT2D eigenvalue weighted by Crippen LogP contribution is 2.33. The predicted molar refractivity (Wildman–Crippen MR) is 93.9 cm³/mol. The highest BCUT2D eigenvalue weighted by atomic mass is 32.1. The third-order valence-corrected chi connectivity index (χ3v) is 5.52. The van der Waals surface area contributed by atoms with Crippen LogP contribution in [0.5, 0.6) is 0 Å². The average molecular weight is 312 g/mol. The lowest BCUT2D eigenvalue weighted by Crippen LogP contribution is -2.62. The molecule has 1 heterocycles. The van der Waals surface area contributed by atoms with E-state index in [1.807, 2.05) is 0 Å². The summed E-state index contributed by atoms with van der Waals surface area (Å²) in [5, 5.41) is 4.70. The maximum absolute atomic E-state index is 5.84. The summed E-state index contributed by atoms with van der Waals surface area (Å²) in [6, 6.07) is 0. The minimum Gasteiger partial charge on any atom is -0.288 e. The Morgan fingerprint density at radius 2 is 1.71 bits per heavy atom. The Labute approximate surface area is 136 Å². The zero-order chi connectivity index (χ0) is 15.1. The fourth-order valence-electron chi connectivity index (χ4n) is 3.63. The van der Waals surface area contributed by atoms with E-state index >= 15 is 0 Å². The molecule has 3 nitrogen and oxygen atoms in total. The Kier molecular flexibility index (Phi) is 7.41. The summed E-state index contributed by atoms with van der Waals surface area (Å²) in [6.45, 7) is 7.83. The number of hydrogen-bond donors (Lipinski definition) is 1. The first-order valence-corrected chi connectivity index (χ1v) is 9.49. The lowest BCUT2D eigenvalue weighted by Gasteiger charge is -2.45. The molecule has 0 bridgehead atoms. The number of hydrazine groups is 2. The van der Waals surface area contributed by atoms with Gasteiger partial charge in [0.05, 0.1) is 4.99 Å². The first kappa shape index (κ1) is 17.2. The van der Waals surface area contributed by atoms with E-state index in [9.17, 15) is 0 Å². The summed E-state index contributed by atoms with van der Waals surface area (Å²) in [5.74, 6) is 1.41. The molecule has 0 spiro atoms. The molecule has 0 amide bonds. The number of hydrogen-bond acceptors (Lipinski definition) is 3. The second-order valence-electron chi connectivity index (χ2n) is 6.75. The van der Waals surface area contributed by atoms with Gasteiger partial charge < -0.3 is 0 Å². The number of nitrogens with one attached hydrogen (secondary N) is 1. The van der Waals surface area contributed by atoms with Crippen LogP contribution in [-0.4, -0.2) is 34.6 Å². The monoisotopic (exact) mass is 311 g/mol. The van der Waals surface area contributed by atoms with E-state index in [-0.39, 0.29) is 0 Å². The van der Waals surface area contributed by atoms with Crippen LogP contribution in [0.2, 0.25) is 0 Å². The van der Waals surface area contributed by atoms with Crippen molar-refractivity contribution >= 4 is 17.2 Å². The van der Waals surface area contributed by atoms with Gasteiger partial charge in [-0.3, -0.25) is 5.01 Å². The van der Waals surface area contributed by atoms with Crippen molar-refractivity contribution in [3.63, 3.8) is 0 Å². The molecule has 1 saturated carbocycles. The molecule has 1 aliphatic carbocycles. The SMILES string of the molecule is CCCCN1C[C@H](C2CCCCC2)C(=S)N(CCCC)N1. The Hall–Kier alpha value is -0.190.